The van der Waals surface area contributed by atoms with E-state index in [-0.39, 0.29) is 0 Å². The molecule has 3 nitrogen and oxygen atoms in total. The Kier molecular flexibility index (Phi) is 4.52. The SMILES string of the molecule is CC(C)C[C@H]1CN=C(N(C)C)N1CC1CCCC1. The zero-order valence-electron chi connectivity index (χ0n) is 12.5. The molecule has 2 aliphatic rings. The van der Waals surface area contributed by atoms with Gasteiger partial charge in [-0.2, -0.15) is 0 Å². The molecule has 104 valence electrons. The topological polar surface area (TPSA) is 18.8 Å². The zero-order valence-corrected chi connectivity index (χ0v) is 12.5. The normalized spacial score (nSPS) is 25.1. The van der Waals surface area contributed by atoms with Gasteiger partial charge in [-0.25, -0.2) is 0 Å². The van der Waals surface area contributed by atoms with Crippen LogP contribution in [-0.2, 0) is 0 Å². The first-order valence-corrected chi connectivity index (χ1v) is 7.56. The van der Waals surface area contributed by atoms with Gasteiger partial charge >= 0.3 is 0 Å². The molecular formula is C15H29N3. The standard InChI is InChI=1S/C15H29N3/c1-12(2)9-14-10-16-15(17(3)4)18(14)11-13-7-5-6-8-13/h12-14H,5-11H2,1-4H3/t14-/m0/s1. The summed E-state index contributed by atoms with van der Waals surface area (Å²) in [6.07, 6.45) is 6.98. The van der Waals surface area contributed by atoms with E-state index in [0.717, 1.165) is 18.4 Å². The van der Waals surface area contributed by atoms with E-state index in [4.69, 9.17) is 4.99 Å². The maximum absolute atomic E-state index is 4.76. The molecule has 0 radical (unpaired) electrons. The molecule has 18 heavy (non-hydrogen) atoms. The fraction of sp³-hybridized carbons (Fsp3) is 0.933. The highest BCUT2D eigenvalue weighted by atomic mass is 15.4. The van der Waals surface area contributed by atoms with Crippen molar-refractivity contribution in [3.8, 4) is 0 Å². The number of hydrogen-bond donors (Lipinski definition) is 0. The third-order valence-corrected chi connectivity index (χ3v) is 4.21. The number of hydrogen-bond acceptors (Lipinski definition) is 3. The number of aliphatic imine (C=N–C) groups is 1. The lowest BCUT2D eigenvalue weighted by Gasteiger charge is -2.33. The van der Waals surface area contributed by atoms with Crippen molar-refractivity contribution in [2.75, 3.05) is 27.2 Å². The minimum absolute atomic E-state index is 0.642. The van der Waals surface area contributed by atoms with Crippen molar-refractivity contribution in [1.82, 2.24) is 9.80 Å². The van der Waals surface area contributed by atoms with Gasteiger partial charge in [0.05, 0.1) is 12.6 Å². The van der Waals surface area contributed by atoms with Crippen LogP contribution in [0.5, 0.6) is 0 Å². The molecule has 1 atom stereocenters. The van der Waals surface area contributed by atoms with Crippen molar-refractivity contribution < 1.29 is 0 Å². The van der Waals surface area contributed by atoms with Crippen LogP contribution in [0.4, 0.5) is 0 Å². The number of nitrogens with zero attached hydrogens (tertiary/aromatic N) is 3. The predicted molar refractivity (Wildman–Crippen MR) is 77.9 cm³/mol. The molecule has 0 bridgehead atoms. The smallest absolute Gasteiger partial charge is 0.196 e. The van der Waals surface area contributed by atoms with Gasteiger partial charge in [0.25, 0.3) is 0 Å². The van der Waals surface area contributed by atoms with Crippen LogP contribution in [0.15, 0.2) is 4.99 Å². The number of rotatable bonds is 4. The Labute approximate surface area is 112 Å². The summed E-state index contributed by atoms with van der Waals surface area (Å²) in [6.45, 7) is 6.87. The van der Waals surface area contributed by atoms with Crippen molar-refractivity contribution in [3.63, 3.8) is 0 Å². The van der Waals surface area contributed by atoms with Crippen molar-refractivity contribution >= 4 is 5.96 Å². The summed E-state index contributed by atoms with van der Waals surface area (Å²) < 4.78 is 0. The van der Waals surface area contributed by atoms with Crippen LogP contribution >= 0.6 is 0 Å². The lowest BCUT2D eigenvalue weighted by Crippen LogP contribution is -2.45. The summed E-state index contributed by atoms with van der Waals surface area (Å²) in [5.41, 5.74) is 0. The van der Waals surface area contributed by atoms with Gasteiger partial charge in [-0.15, -0.1) is 0 Å². The van der Waals surface area contributed by atoms with Gasteiger partial charge in [0.1, 0.15) is 0 Å². The van der Waals surface area contributed by atoms with E-state index in [9.17, 15) is 0 Å². The highest BCUT2D eigenvalue weighted by Crippen LogP contribution is 2.28. The first-order chi connectivity index (χ1) is 8.58. The molecule has 0 amide bonds. The third-order valence-electron chi connectivity index (χ3n) is 4.21. The predicted octanol–water partition coefficient (Wildman–Crippen LogP) is 2.82. The lowest BCUT2D eigenvalue weighted by molar-refractivity contribution is 0.243. The fourth-order valence-corrected chi connectivity index (χ4v) is 3.39. The van der Waals surface area contributed by atoms with Crippen LogP contribution in [0.1, 0.15) is 46.0 Å². The Bertz CT molecular complexity index is 290. The molecule has 1 heterocycles. The molecule has 1 aliphatic carbocycles. The minimum Gasteiger partial charge on any atom is -0.349 e. The van der Waals surface area contributed by atoms with Gasteiger partial charge in [0.2, 0.25) is 0 Å². The van der Waals surface area contributed by atoms with Crippen LogP contribution < -0.4 is 0 Å². The van der Waals surface area contributed by atoms with Crippen LogP contribution in [0.2, 0.25) is 0 Å². The van der Waals surface area contributed by atoms with Crippen molar-refractivity contribution in [2.24, 2.45) is 16.8 Å². The quantitative estimate of drug-likeness (QED) is 0.765. The largest absolute Gasteiger partial charge is 0.349 e. The molecule has 0 N–H and O–H groups in total. The average molecular weight is 251 g/mol. The van der Waals surface area contributed by atoms with E-state index in [1.165, 1.54) is 44.6 Å². The van der Waals surface area contributed by atoms with E-state index in [1.807, 2.05) is 0 Å². The summed E-state index contributed by atoms with van der Waals surface area (Å²) in [5.74, 6) is 2.88. The van der Waals surface area contributed by atoms with E-state index >= 15 is 0 Å². The first kappa shape index (κ1) is 13.7. The summed E-state index contributed by atoms with van der Waals surface area (Å²) in [7, 11) is 4.25. The van der Waals surface area contributed by atoms with Crippen molar-refractivity contribution in [2.45, 2.75) is 52.0 Å². The third kappa shape index (κ3) is 3.18. The first-order valence-electron chi connectivity index (χ1n) is 7.56. The maximum Gasteiger partial charge on any atom is 0.196 e. The molecule has 0 aromatic rings. The second-order valence-corrected chi connectivity index (χ2v) is 6.62. The van der Waals surface area contributed by atoms with Gasteiger partial charge in [-0.05, 0) is 31.1 Å². The van der Waals surface area contributed by atoms with E-state index in [1.54, 1.807) is 0 Å². The van der Waals surface area contributed by atoms with Crippen molar-refractivity contribution in [1.29, 1.82) is 0 Å². The highest BCUT2D eigenvalue weighted by molar-refractivity contribution is 5.81. The second-order valence-electron chi connectivity index (χ2n) is 6.62. The maximum atomic E-state index is 4.76. The van der Waals surface area contributed by atoms with E-state index in [0.29, 0.717) is 6.04 Å². The summed E-state index contributed by atoms with van der Waals surface area (Å²) in [4.78, 5) is 9.54. The van der Waals surface area contributed by atoms with Gasteiger partial charge in [0, 0.05) is 20.6 Å². The van der Waals surface area contributed by atoms with Gasteiger partial charge < -0.3 is 9.80 Å². The molecule has 0 aromatic carbocycles. The highest BCUT2D eigenvalue weighted by Gasteiger charge is 2.31. The summed E-state index contributed by atoms with van der Waals surface area (Å²) in [5, 5.41) is 0. The minimum atomic E-state index is 0.642. The van der Waals surface area contributed by atoms with Gasteiger partial charge in [-0.3, -0.25) is 4.99 Å². The van der Waals surface area contributed by atoms with E-state index in [2.05, 4.69) is 37.7 Å². The van der Waals surface area contributed by atoms with Crippen LogP contribution in [0.3, 0.4) is 0 Å². The van der Waals surface area contributed by atoms with E-state index < -0.39 is 0 Å². The molecule has 1 fully saturated rings. The average Bonchev–Trinajstić information content (AvgIpc) is 2.89. The molecule has 0 spiro atoms. The fourth-order valence-electron chi connectivity index (χ4n) is 3.39. The van der Waals surface area contributed by atoms with Gasteiger partial charge in [0.15, 0.2) is 5.96 Å². The molecule has 0 unspecified atom stereocenters. The molecule has 1 saturated carbocycles. The molecule has 0 saturated heterocycles. The second kappa shape index (κ2) is 5.94. The monoisotopic (exact) mass is 251 g/mol. The Morgan fingerprint density at radius 1 is 1.28 bits per heavy atom. The molecule has 0 aromatic heterocycles. The lowest BCUT2D eigenvalue weighted by atomic mass is 10.0. The summed E-state index contributed by atoms with van der Waals surface area (Å²) >= 11 is 0. The molecule has 2 rings (SSSR count). The molecule has 1 aliphatic heterocycles. The van der Waals surface area contributed by atoms with Gasteiger partial charge in [-0.1, -0.05) is 26.7 Å². The zero-order chi connectivity index (χ0) is 13.1. The Morgan fingerprint density at radius 3 is 2.50 bits per heavy atom. The number of guanidine groups is 1. The molecular weight excluding hydrogens is 222 g/mol. The Balaban J connectivity index is 2.00. The molecule has 3 heteroatoms. The Morgan fingerprint density at radius 2 is 1.94 bits per heavy atom. The van der Waals surface area contributed by atoms with Crippen LogP contribution in [0, 0.1) is 11.8 Å². The Hall–Kier alpha value is -0.730. The summed E-state index contributed by atoms with van der Waals surface area (Å²) in [6, 6.07) is 0.642. The van der Waals surface area contributed by atoms with Crippen LogP contribution in [0.25, 0.3) is 0 Å². The van der Waals surface area contributed by atoms with Crippen molar-refractivity contribution in [3.05, 3.63) is 0 Å². The van der Waals surface area contributed by atoms with Crippen LogP contribution in [-0.4, -0.2) is 49.0 Å².